The first-order valence-corrected chi connectivity index (χ1v) is 7.04. The zero-order chi connectivity index (χ0) is 16.8. The lowest BCUT2D eigenvalue weighted by atomic mass is 9.83. The summed E-state index contributed by atoms with van der Waals surface area (Å²) in [6.45, 7) is 1.73. The normalized spacial score (nSPS) is 20.0. The second-order valence-corrected chi connectivity index (χ2v) is 5.62. The second-order valence-electron chi connectivity index (χ2n) is 5.62. The van der Waals surface area contributed by atoms with Crippen LogP contribution in [0.4, 0.5) is 18.9 Å². The zero-order valence-electron chi connectivity index (χ0n) is 12.4. The van der Waals surface area contributed by atoms with Gasteiger partial charge in [-0.15, -0.1) is 0 Å². The van der Waals surface area contributed by atoms with Crippen molar-refractivity contribution in [2.45, 2.75) is 18.8 Å². The van der Waals surface area contributed by atoms with E-state index in [9.17, 15) is 13.2 Å². The Balaban J connectivity index is 2.23. The SMILES string of the molecule is Cc1ccc(C(F)(F)F)cc1C1(N)NC=Cc2c(N)cccc21. The van der Waals surface area contributed by atoms with E-state index in [-0.39, 0.29) is 0 Å². The lowest BCUT2D eigenvalue weighted by Gasteiger charge is -2.36. The second kappa shape index (κ2) is 5.03. The van der Waals surface area contributed by atoms with Gasteiger partial charge < -0.3 is 16.8 Å². The Bertz CT molecular complexity index is 796. The van der Waals surface area contributed by atoms with Gasteiger partial charge in [-0.25, -0.2) is 0 Å². The van der Waals surface area contributed by atoms with Gasteiger partial charge in [-0.1, -0.05) is 18.2 Å². The smallest absolute Gasteiger partial charge is 0.398 e. The number of benzene rings is 2. The molecule has 0 spiro atoms. The summed E-state index contributed by atoms with van der Waals surface area (Å²) in [7, 11) is 0. The predicted octanol–water partition coefficient (Wildman–Crippen LogP) is 3.33. The van der Waals surface area contributed by atoms with Crippen LogP contribution in [-0.4, -0.2) is 0 Å². The maximum atomic E-state index is 13.1. The van der Waals surface area contributed by atoms with E-state index in [0.29, 0.717) is 27.9 Å². The van der Waals surface area contributed by atoms with Crippen molar-refractivity contribution >= 4 is 11.8 Å². The Morgan fingerprint density at radius 1 is 1.09 bits per heavy atom. The number of halogens is 3. The molecule has 0 fully saturated rings. The number of fused-ring (bicyclic) bond motifs is 1. The Labute approximate surface area is 131 Å². The summed E-state index contributed by atoms with van der Waals surface area (Å²) in [5.74, 6) is 0. The molecule has 5 N–H and O–H groups in total. The summed E-state index contributed by atoms with van der Waals surface area (Å²) < 4.78 is 39.2. The Kier molecular flexibility index (Phi) is 3.37. The van der Waals surface area contributed by atoms with Crippen molar-refractivity contribution in [2.24, 2.45) is 5.73 Å². The molecule has 6 heteroatoms. The molecule has 1 aliphatic heterocycles. The van der Waals surface area contributed by atoms with Crippen molar-refractivity contribution in [1.29, 1.82) is 0 Å². The number of hydrogen-bond donors (Lipinski definition) is 3. The zero-order valence-corrected chi connectivity index (χ0v) is 12.4. The largest absolute Gasteiger partial charge is 0.416 e. The maximum absolute atomic E-state index is 13.1. The molecule has 0 amide bonds. The summed E-state index contributed by atoms with van der Waals surface area (Å²) in [6, 6.07) is 8.81. The lowest BCUT2D eigenvalue weighted by Crippen LogP contribution is -2.51. The van der Waals surface area contributed by atoms with E-state index in [1.807, 2.05) is 0 Å². The quantitative estimate of drug-likeness (QED) is 0.707. The van der Waals surface area contributed by atoms with Crippen LogP contribution in [-0.2, 0) is 11.8 Å². The van der Waals surface area contributed by atoms with E-state index >= 15 is 0 Å². The molecule has 1 heterocycles. The third-order valence-corrected chi connectivity index (χ3v) is 4.12. The highest BCUT2D eigenvalue weighted by Gasteiger charge is 2.37. The van der Waals surface area contributed by atoms with Crippen LogP contribution in [0.2, 0.25) is 0 Å². The molecule has 2 aromatic rings. The van der Waals surface area contributed by atoms with Gasteiger partial charge in [-0.05, 0) is 48.5 Å². The first-order valence-electron chi connectivity index (χ1n) is 7.04. The lowest BCUT2D eigenvalue weighted by molar-refractivity contribution is -0.137. The fourth-order valence-corrected chi connectivity index (χ4v) is 2.89. The van der Waals surface area contributed by atoms with E-state index in [4.69, 9.17) is 11.5 Å². The number of nitrogens with two attached hydrogens (primary N) is 2. The molecule has 1 unspecified atom stereocenters. The van der Waals surface area contributed by atoms with Gasteiger partial charge >= 0.3 is 6.18 Å². The number of nitrogen functional groups attached to an aromatic ring is 1. The number of alkyl halides is 3. The molecule has 3 rings (SSSR count). The molecule has 1 aliphatic rings. The molecular weight excluding hydrogens is 303 g/mol. The van der Waals surface area contributed by atoms with Crippen molar-refractivity contribution in [1.82, 2.24) is 5.32 Å². The topological polar surface area (TPSA) is 64.1 Å². The van der Waals surface area contributed by atoms with Crippen LogP contribution in [0.25, 0.3) is 6.08 Å². The van der Waals surface area contributed by atoms with Crippen molar-refractivity contribution in [2.75, 3.05) is 5.73 Å². The molecule has 0 bridgehead atoms. The number of aryl methyl sites for hydroxylation is 1. The van der Waals surface area contributed by atoms with Gasteiger partial charge in [0.2, 0.25) is 0 Å². The molecule has 0 saturated carbocycles. The summed E-state index contributed by atoms with van der Waals surface area (Å²) in [6.07, 6.45) is -1.06. The third-order valence-electron chi connectivity index (χ3n) is 4.12. The van der Waals surface area contributed by atoms with E-state index < -0.39 is 17.4 Å². The fraction of sp³-hybridized carbons (Fsp3) is 0.176. The first-order chi connectivity index (χ1) is 10.7. The van der Waals surface area contributed by atoms with Crippen LogP contribution in [0.3, 0.4) is 0 Å². The predicted molar refractivity (Wildman–Crippen MR) is 84.2 cm³/mol. The van der Waals surface area contributed by atoms with Crippen LogP contribution < -0.4 is 16.8 Å². The fourth-order valence-electron chi connectivity index (χ4n) is 2.89. The van der Waals surface area contributed by atoms with Crippen LogP contribution in [0.15, 0.2) is 42.6 Å². The molecule has 3 nitrogen and oxygen atoms in total. The standard InChI is InChI=1S/C17H16F3N3/c1-10-5-6-11(17(18,19)20)9-14(10)16(22)13-3-2-4-15(21)12(13)7-8-23-16/h2-9,23H,21-22H2,1H3. The summed E-state index contributed by atoms with van der Waals surface area (Å²) in [4.78, 5) is 0. The Hall–Kier alpha value is -2.47. The van der Waals surface area contributed by atoms with Gasteiger partial charge in [-0.3, -0.25) is 0 Å². The minimum Gasteiger partial charge on any atom is -0.398 e. The molecule has 0 saturated heterocycles. The van der Waals surface area contributed by atoms with E-state index in [0.717, 1.165) is 12.1 Å². The van der Waals surface area contributed by atoms with E-state index in [1.165, 1.54) is 6.07 Å². The minimum atomic E-state index is -4.43. The minimum absolute atomic E-state index is 0.364. The highest BCUT2D eigenvalue weighted by atomic mass is 19.4. The van der Waals surface area contributed by atoms with Gasteiger partial charge in [0.1, 0.15) is 5.66 Å². The summed E-state index contributed by atoms with van der Waals surface area (Å²) in [5.41, 5.74) is 13.4. The van der Waals surface area contributed by atoms with Crippen molar-refractivity contribution in [3.8, 4) is 0 Å². The molecule has 1 atom stereocenters. The number of rotatable bonds is 1. The number of nitrogens with one attached hydrogen (secondary N) is 1. The van der Waals surface area contributed by atoms with Crippen LogP contribution in [0.5, 0.6) is 0 Å². The highest BCUT2D eigenvalue weighted by Crippen LogP contribution is 2.38. The van der Waals surface area contributed by atoms with Crippen molar-refractivity contribution < 1.29 is 13.2 Å². The van der Waals surface area contributed by atoms with Crippen molar-refractivity contribution in [3.05, 3.63) is 70.4 Å². The number of anilines is 1. The van der Waals surface area contributed by atoms with Gasteiger partial charge in [0, 0.05) is 16.8 Å². The average Bonchev–Trinajstić information content (AvgIpc) is 2.48. The Morgan fingerprint density at radius 3 is 2.52 bits per heavy atom. The monoisotopic (exact) mass is 319 g/mol. The summed E-state index contributed by atoms with van der Waals surface area (Å²) in [5, 5.41) is 2.99. The molecule has 23 heavy (non-hydrogen) atoms. The van der Waals surface area contributed by atoms with Crippen LogP contribution in [0.1, 0.15) is 27.8 Å². The summed E-state index contributed by atoms with van der Waals surface area (Å²) >= 11 is 0. The Morgan fingerprint density at radius 2 is 1.83 bits per heavy atom. The van der Waals surface area contributed by atoms with E-state index in [2.05, 4.69) is 5.32 Å². The molecule has 0 aromatic heterocycles. The average molecular weight is 319 g/mol. The molecule has 2 aromatic carbocycles. The third kappa shape index (κ3) is 2.45. The van der Waals surface area contributed by atoms with Gasteiger partial charge in [0.15, 0.2) is 0 Å². The molecular formula is C17H16F3N3. The maximum Gasteiger partial charge on any atom is 0.416 e. The molecule has 120 valence electrons. The highest BCUT2D eigenvalue weighted by molar-refractivity contribution is 5.72. The van der Waals surface area contributed by atoms with Gasteiger partial charge in [-0.2, -0.15) is 13.2 Å². The molecule has 0 aliphatic carbocycles. The van der Waals surface area contributed by atoms with Gasteiger partial charge in [0.05, 0.1) is 5.56 Å². The van der Waals surface area contributed by atoms with Crippen molar-refractivity contribution in [3.63, 3.8) is 0 Å². The van der Waals surface area contributed by atoms with Crippen LogP contribution >= 0.6 is 0 Å². The first kappa shape index (κ1) is 15.4. The molecule has 0 radical (unpaired) electrons. The van der Waals surface area contributed by atoms with Crippen LogP contribution in [0, 0.1) is 6.92 Å². The van der Waals surface area contributed by atoms with Gasteiger partial charge in [0.25, 0.3) is 0 Å². The number of hydrogen-bond acceptors (Lipinski definition) is 3. The van der Waals surface area contributed by atoms with E-state index in [1.54, 1.807) is 37.4 Å².